The molecule has 1 aliphatic rings. The largest absolute Gasteiger partial charge is 0.393 e. The molecule has 3 N–H and O–H groups in total. The van der Waals surface area contributed by atoms with E-state index in [0.29, 0.717) is 0 Å². The highest BCUT2D eigenvalue weighted by Crippen LogP contribution is 2.25. The number of anilines is 1. The van der Waals surface area contributed by atoms with Crippen molar-refractivity contribution in [3.63, 3.8) is 0 Å². The van der Waals surface area contributed by atoms with Crippen LogP contribution in [0.4, 0.5) is 5.69 Å². The van der Waals surface area contributed by atoms with Gasteiger partial charge < -0.3 is 15.5 Å². The van der Waals surface area contributed by atoms with Gasteiger partial charge in [0.25, 0.3) is 0 Å². The molecule has 0 aromatic heterocycles. The second kappa shape index (κ2) is 8.48. The lowest BCUT2D eigenvalue weighted by molar-refractivity contribution is 0.0793. The summed E-state index contributed by atoms with van der Waals surface area (Å²) in [5.41, 5.74) is 4.54. The van der Waals surface area contributed by atoms with Gasteiger partial charge in [0.15, 0.2) is 0 Å². The molecular formula is C21H28N2O2. The number of para-hydroxylation sites is 1. The molecule has 0 saturated carbocycles. The van der Waals surface area contributed by atoms with Gasteiger partial charge in [0, 0.05) is 31.4 Å². The molecule has 2 aromatic carbocycles. The molecule has 0 amide bonds. The van der Waals surface area contributed by atoms with Crippen molar-refractivity contribution in [3.05, 3.63) is 65.2 Å². The van der Waals surface area contributed by atoms with Crippen LogP contribution >= 0.6 is 0 Å². The lowest BCUT2D eigenvalue weighted by atomic mass is 10.0. The molecule has 0 aliphatic carbocycles. The lowest BCUT2D eigenvalue weighted by Gasteiger charge is -2.30. The maximum absolute atomic E-state index is 9.68. The van der Waals surface area contributed by atoms with E-state index in [0.717, 1.165) is 43.7 Å². The van der Waals surface area contributed by atoms with Gasteiger partial charge in [0.2, 0.25) is 0 Å². The zero-order valence-corrected chi connectivity index (χ0v) is 14.9. The predicted molar refractivity (Wildman–Crippen MR) is 101 cm³/mol. The monoisotopic (exact) mass is 340 g/mol. The van der Waals surface area contributed by atoms with Crippen LogP contribution in [0.25, 0.3) is 0 Å². The molecular weight excluding hydrogens is 312 g/mol. The highest BCUT2D eigenvalue weighted by molar-refractivity contribution is 5.52. The summed E-state index contributed by atoms with van der Waals surface area (Å²) in [4.78, 5) is 2.41. The Morgan fingerprint density at radius 2 is 1.88 bits per heavy atom. The van der Waals surface area contributed by atoms with Crippen LogP contribution in [0.1, 0.15) is 42.5 Å². The fourth-order valence-electron chi connectivity index (χ4n) is 3.39. The number of nitrogens with zero attached hydrogens (tertiary/aromatic N) is 1. The van der Waals surface area contributed by atoms with Crippen LogP contribution in [-0.2, 0) is 13.2 Å². The quantitative estimate of drug-likeness (QED) is 0.755. The molecule has 1 saturated heterocycles. The molecule has 0 spiro atoms. The summed E-state index contributed by atoms with van der Waals surface area (Å²) in [5.74, 6) is 0. The number of benzene rings is 2. The third-order valence-corrected chi connectivity index (χ3v) is 4.97. The van der Waals surface area contributed by atoms with Gasteiger partial charge >= 0.3 is 0 Å². The van der Waals surface area contributed by atoms with E-state index in [1.54, 1.807) is 0 Å². The molecule has 2 aromatic rings. The average Bonchev–Trinajstić information content (AvgIpc) is 2.65. The maximum Gasteiger partial charge on any atom is 0.0681 e. The first-order valence-corrected chi connectivity index (χ1v) is 9.10. The van der Waals surface area contributed by atoms with Crippen molar-refractivity contribution in [2.45, 2.75) is 45.1 Å². The third kappa shape index (κ3) is 4.82. The predicted octanol–water partition coefficient (Wildman–Crippen LogP) is 3.31. The normalized spacial score (nSPS) is 17.4. The fourth-order valence-corrected chi connectivity index (χ4v) is 3.39. The molecule has 0 bridgehead atoms. The van der Waals surface area contributed by atoms with Gasteiger partial charge in [0.1, 0.15) is 0 Å². The lowest BCUT2D eigenvalue weighted by Crippen LogP contribution is -2.35. The molecule has 1 atom stereocenters. The molecule has 134 valence electrons. The van der Waals surface area contributed by atoms with Crippen LogP contribution in [0.5, 0.6) is 0 Å². The first-order chi connectivity index (χ1) is 12.2. The van der Waals surface area contributed by atoms with Gasteiger partial charge in [-0.05, 0) is 42.5 Å². The number of nitrogens with one attached hydrogen (secondary N) is 1. The van der Waals surface area contributed by atoms with E-state index >= 15 is 0 Å². The van der Waals surface area contributed by atoms with E-state index in [2.05, 4.69) is 47.5 Å². The summed E-state index contributed by atoms with van der Waals surface area (Å²) in [6.45, 7) is 5.01. The van der Waals surface area contributed by atoms with E-state index in [4.69, 9.17) is 0 Å². The number of aliphatic hydroxyl groups is 2. The molecule has 3 rings (SSSR count). The Bertz CT molecular complexity index is 681. The molecule has 4 nitrogen and oxygen atoms in total. The van der Waals surface area contributed by atoms with Crippen molar-refractivity contribution in [2.24, 2.45) is 0 Å². The first-order valence-electron chi connectivity index (χ1n) is 9.10. The Labute approximate surface area is 150 Å². The Morgan fingerprint density at radius 1 is 1.12 bits per heavy atom. The summed E-state index contributed by atoms with van der Waals surface area (Å²) in [6, 6.07) is 16.7. The highest BCUT2D eigenvalue weighted by Gasteiger charge is 2.18. The van der Waals surface area contributed by atoms with Gasteiger partial charge in [0.05, 0.1) is 12.7 Å². The zero-order valence-electron chi connectivity index (χ0n) is 14.9. The highest BCUT2D eigenvalue weighted by atomic mass is 16.3. The first kappa shape index (κ1) is 17.9. The van der Waals surface area contributed by atoms with Crippen molar-refractivity contribution in [1.82, 2.24) is 4.90 Å². The smallest absolute Gasteiger partial charge is 0.0681 e. The second-order valence-corrected chi connectivity index (χ2v) is 6.93. The molecule has 25 heavy (non-hydrogen) atoms. The minimum atomic E-state index is -0.136. The molecule has 1 fully saturated rings. The van der Waals surface area contributed by atoms with Gasteiger partial charge in [-0.3, -0.25) is 4.90 Å². The fraction of sp³-hybridized carbons (Fsp3) is 0.429. The Balaban J connectivity index is 1.69. The minimum absolute atomic E-state index is 0.0674. The number of aliphatic hydroxyl groups excluding tert-OH is 2. The number of piperidine rings is 1. The van der Waals surface area contributed by atoms with Gasteiger partial charge in [-0.15, -0.1) is 0 Å². The topological polar surface area (TPSA) is 55.7 Å². The standard InChI is InChI=1S/C21H28N2O2/c1-16(18-7-4-5-17(13-18)15-24)22-21-8-3-2-6-19(21)14-23-11-9-20(25)10-12-23/h2-8,13,16,20,22,24-25H,9-12,14-15H2,1H3. The number of rotatable bonds is 6. The van der Waals surface area contributed by atoms with Crippen LogP contribution in [0.3, 0.4) is 0 Å². The van der Waals surface area contributed by atoms with Crippen LogP contribution in [0.15, 0.2) is 48.5 Å². The number of hydrogen-bond donors (Lipinski definition) is 3. The Hall–Kier alpha value is -1.88. The molecule has 4 heteroatoms. The molecule has 1 heterocycles. The van der Waals surface area contributed by atoms with Crippen LogP contribution in [0, 0.1) is 0 Å². The Kier molecular flexibility index (Phi) is 6.08. The summed E-state index contributed by atoms with van der Waals surface area (Å²) < 4.78 is 0. The van der Waals surface area contributed by atoms with Crippen molar-refractivity contribution in [1.29, 1.82) is 0 Å². The van der Waals surface area contributed by atoms with E-state index < -0.39 is 0 Å². The van der Waals surface area contributed by atoms with E-state index in [1.165, 1.54) is 11.1 Å². The van der Waals surface area contributed by atoms with Gasteiger partial charge in [-0.25, -0.2) is 0 Å². The Morgan fingerprint density at radius 3 is 2.64 bits per heavy atom. The van der Waals surface area contributed by atoms with Crippen LogP contribution in [0.2, 0.25) is 0 Å². The minimum Gasteiger partial charge on any atom is -0.393 e. The third-order valence-electron chi connectivity index (χ3n) is 4.97. The number of hydrogen-bond acceptors (Lipinski definition) is 4. The molecule has 1 aliphatic heterocycles. The van der Waals surface area contributed by atoms with Crippen molar-refractivity contribution in [3.8, 4) is 0 Å². The average molecular weight is 340 g/mol. The van der Waals surface area contributed by atoms with E-state index in [-0.39, 0.29) is 18.8 Å². The van der Waals surface area contributed by atoms with Crippen molar-refractivity contribution < 1.29 is 10.2 Å². The summed E-state index contributed by atoms with van der Waals surface area (Å²) in [6.07, 6.45) is 1.59. The zero-order chi connectivity index (χ0) is 17.6. The molecule has 1 unspecified atom stereocenters. The van der Waals surface area contributed by atoms with Crippen LogP contribution in [-0.4, -0.2) is 34.3 Å². The van der Waals surface area contributed by atoms with Crippen molar-refractivity contribution in [2.75, 3.05) is 18.4 Å². The second-order valence-electron chi connectivity index (χ2n) is 6.93. The molecule has 0 radical (unpaired) electrons. The van der Waals surface area contributed by atoms with Gasteiger partial charge in [-0.1, -0.05) is 42.5 Å². The van der Waals surface area contributed by atoms with Crippen LogP contribution < -0.4 is 5.32 Å². The van der Waals surface area contributed by atoms with E-state index in [1.807, 2.05) is 18.2 Å². The van der Waals surface area contributed by atoms with Gasteiger partial charge in [-0.2, -0.15) is 0 Å². The number of likely N-dealkylation sites (tertiary alicyclic amines) is 1. The summed E-state index contributed by atoms with van der Waals surface area (Å²) in [5, 5.41) is 22.6. The van der Waals surface area contributed by atoms with E-state index in [9.17, 15) is 10.2 Å². The maximum atomic E-state index is 9.68. The summed E-state index contributed by atoms with van der Waals surface area (Å²) in [7, 11) is 0. The summed E-state index contributed by atoms with van der Waals surface area (Å²) >= 11 is 0. The SMILES string of the molecule is CC(Nc1ccccc1CN1CCC(O)CC1)c1cccc(CO)c1. The van der Waals surface area contributed by atoms with Crippen molar-refractivity contribution >= 4 is 5.69 Å².